The van der Waals surface area contributed by atoms with Crippen LogP contribution in [0.2, 0.25) is 0 Å². The Balaban J connectivity index is 1.98. The highest BCUT2D eigenvalue weighted by Crippen LogP contribution is 2.66. The molecule has 2 fully saturated rings. The molecule has 0 spiro atoms. The van der Waals surface area contributed by atoms with Gasteiger partial charge in [-0.1, -0.05) is 27.7 Å². The summed E-state index contributed by atoms with van der Waals surface area (Å²) in [6.45, 7) is 9.68. The summed E-state index contributed by atoms with van der Waals surface area (Å²) in [6, 6.07) is 0. The topological polar surface area (TPSA) is 0 Å². The number of rotatable bonds is 4. The van der Waals surface area contributed by atoms with Crippen molar-refractivity contribution >= 4 is 0 Å². The molecule has 76 valence electrons. The molecule has 0 N–H and O–H groups in total. The van der Waals surface area contributed by atoms with Gasteiger partial charge in [0.25, 0.3) is 0 Å². The number of hydrogen-bond donors (Lipinski definition) is 0. The van der Waals surface area contributed by atoms with Crippen LogP contribution in [-0.4, -0.2) is 0 Å². The Kier molecular flexibility index (Phi) is 2.02. The Morgan fingerprint density at radius 3 is 1.23 bits per heavy atom. The molecule has 0 heteroatoms. The van der Waals surface area contributed by atoms with Gasteiger partial charge in [-0.15, -0.1) is 0 Å². The van der Waals surface area contributed by atoms with E-state index < -0.39 is 0 Å². The zero-order valence-corrected chi connectivity index (χ0v) is 9.69. The van der Waals surface area contributed by atoms with Crippen molar-refractivity contribution in [3.8, 4) is 0 Å². The molecular formula is C13H24. The Labute approximate surface area is 83.1 Å². The van der Waals surface area contributed by atoms with E-state index in [0.717, 1.165) is 22.7 Å². The van der Waals surface area contributed by atoms with Crippen LogP contribution in [0.5, 0.6) is 0 Å². The molecule has 2 aliphatic carbocycles. The van der Waals surface area contributed by atoms with Crippen molar-refractivity contribution in [2.45, 2.75) is 59.8 Å². The standard InChI is InChI=1S/C13H24/c1-10(2)12(5-6-12)9-13(7-8-13)11(3)4/h10-11H,5-9H2,1-4H3. The van der Waals surface area contributed by atoms with Gasteiger partial charge in [-0.25, -0.2) is 0 Å². The minimum atomic E-state index is 0.779. The van der Waals surface area contributed by atoms with Gasteiger partial charge in [-0.3, -0.25) is 0 Å². The maximum absolute atomic E-state index is 2.42. The van der Waals surface area contributed by atoms with Crippen molar-refractivity contribution in [2.75, 3.05) is 0 Å². The van der Waals surface area contributed by atoms with Gasteiger partial charge in [0.2, 0.25) is 0 Å². The average Bonchev–Trinajstić information content (AvgIpc) is 2.86. The second kappa shape index (κ2) is 2.74. The minimum Gasteiger partial charge on any atom is -0.0622 e. The van der Waals surface area contributed by atoms with Crippen LogP contribution in [0.4, 0.5) is 0 Å². The Morgan fingerprint density at radius 1 is 0.769 bits per heavy atom. The first kappa shape index (κ1) is 9.55. The Morgan fingerprint density at radius 2 is 1.08 bits per heavy atom. The molecule has 0 unspecified atom stereocenters. The van der Waals surface area contributed by atoms with Crippen molar-refractivity contribution in [3.05, 3.63) is 0 Å². The highest BCUT2D eigenvalue weighted by molar-refractivity contribution is 5.06. The van der Waals surface area contributed by atoms with E-state index in [2.05, 4.69) is 27.7 Å². The minimum absolute atomic E-state index is 0.779. The van der Waals surface area contributed by atoms with E-state index in [0.29, 0.717) is 0 Å². The second-order valence-corrected chi connectivity index (χ2v) is 6.21. The van der Waals surface area contributed by atoms with Crippen molar-refractivity contribution < 1.29 is 0 Å². The van der Waals surface area contributed by atoms with Gasteiger partial charge in [0.1, 0.15) is 0 Å². The molecule has 0 amide bonds. The van der Waals surface area contributed by atoms with E-state index in [9.17, 15) is 0 Å². The molecule has 0 bridgehead atoms. The molecule has 0 aromatic heterocycles. The van der Waals surface area contributed by atoms with Gasteiger partial charge in [-0.05, 0) is 54.8 Å². The summed E-state index contributed by atoms with van der Waals surface area (Å²) in [5.74, 6) is 1.84. The van der Waals surface area contributed by atoms with Gasteiger partial charge in [0.05, 0.1) is 0 Å². The smallest absolute Gasteiger partial charge is 0.0269 e. The predicted octanol–water partition coefficient (Wildman–Crippen LogP) is 4.25. The SMILES string of the molecule is CC(C)C1(CC2(C(C)C)CC2)CC1. The van der Waals surface area contributed by atoms with Crippen LogP contribution in [0.1, 0.15) is 59.8 Å². The van der Waals surface area contributed by atoms with Gasteiger partial charge >= 0.3 is 0 Å². The predicted molar refractivity (Wildman–Crippen MR) is 57.6 cm³/mol. The first-order chi connectivity index (χ1) is 6.01. The highest BCUT2D eigenvalue weighted by atomic mass is 14.6. The maximum atomic E-state index is 2.42. The van der Waals surface area contributed by atoms with E-state index in [-0.39, 0.29) is 0 Å². The molecule has 13 heavy (non-hydrogen) atoms. The Hall–Kier alpha value is 0. The molecule has 0 aromatic rings. The van der Waals surface area contributed by atoms with Crippen LogP contribution >= 0.6 is 0 Å². The van der Waals surface area contributed by atoms with Crippen LogP contribution in [-0.2, 0) is 0 Å². The van der Waals surface area contributed by atoms with Crippen molar-refractivity contribution in [3.63, 3.8) is 0 Å². The third-order valence-electron chi connectivity index (χ3n) is 4.94. The molecule has 0 aliphatic heterocycles. The molecule has 0 saturated heterocycles. The molecule has 0 aromatic carbocycles. The molecule has 0 heterocycles. The Bertz CT molecular complexity index is 170. The van der Waals surface area contributed by atoms with E-state index in [1.165, 1.54) is 32.1 Å². The summed E-state index contributed by atoms with van der Waals surface area (Å²) in [5, 5.41) is 0. The van der Waals surface area contributed by atoms with E-state index in [1.54, 1.807) is 0 Å². The fraction of sp³-hybridized carbons (Fsp3) is 1.00. The molecular weight excluding hydrogens is 156 g/mol. The summed E-state index contributed by atoms with van der Waals surface area (Å²) >= 11 is 0. The first-order valence-electron chi connectivity index (χ1n) is 6.01. The summed E-state index contributed by atoms with van der Waals surface area (Å²) in [7, 11) is 0. The van der Waals surface area contributed by atoms with E-state index >= 15 is 0 Å². The molecule has 2 rings (SSSR count). The van der Waals surface area contributed by atoms with Crippen molar-refractivity contribution in [2.24, 2.45) is 22.7 Å². The third kappa shape index (κ3) is 1.53. The van der Waals surface area contributed by atoms with Gasteiger partial charge in [0, 0.05) is 0 Å². The molecule has 0 atom stereocenters. The van der Waals surface area contributed by atoms with Crippen molar-refractivity contribution in [1.82, 2.24) is 0 Å². The normalized spacial score (nSPS) is 28.2. The summed E-state index contributed by atoms with van der Waals surface area (Å²) < 4.78 is 0. The van der Waals surface area contributed by atoms with Crippen LogP contribution in [0.15, 0.2) is 0 Å². The molecule has 0 radical (unpaired) electrons. The maximum Gasteiger partial charge on any atom is -0.0269 e. The third-order valence-corrected chi connectivity index (χ3v) is 4.94. The van der Waals surface area contributed by atoms with Crippen LogP contribution < -0.4 is 0 Å². The van der Waals surface area contributed by atoms with Crippen LogP contribution in [0.3, 0.4) is 0 Å². The van der Waals surface area contributed by atoms with Crippen molar-refractivity contribution in [1.29, 1.82) is 0 Å². The zero-order valence-electron chi connectivity index (χ0n) is 9.69. The quantitative estimate of drug-likeness (QED) is 0.606. The molecule has 0 nitrogen and oxygen atoms in total. The molecule has 2 aliphatic rings. The summed E-state index contributed by atoms with van der Waals surface area (Å²) in [5.41, 5.74) is 1.56. The van der Waals surface area contributed by atoms with Gasteiger partial charge < -0.3 is 0 Å². The van der Waals surface area contributed by atoms with Crippen LogP contribution in [0, 0.1) is 22.7 Å². The van der Waals surface area contributed by atoms with E-state index in [4.69, 9.17) is 0 Å². The van der Waals surface area contributed by atoms with Crippen LogP contribution in [0.25, 0.3) is 0 Å². The zero-order chi connectivity index (χ0) is 9.69. The first-order valence-corrected chi connectivity index (χ1v) is 6.01. The average molecular weight is 180 g/mol. The van der Waals surface area contributed by atoms with E-state index in [1.807, 2.05) is 0 Å². The second-order valence-electron chi connectivity index (χ2n) is 6.21. The number of hydrogen-bond acceptors (Lipinski definition) is 0. The lowest BCUT2D eigenvalue weighted by atomic mass is 9.77. The highest BCUT2D eigenvalue weighted by Gasteiger charge is 2.55. The van der Waals surface area contributed by atoms with Gasteiger partial charge in [0.15, 0.2) is 0 Å². The molecule has 2 saturated carbocycles. The fourth-order valence-electron chi connectivity index (χ4n) is 2.94. The lowest BCUT2D eigenvalue weighted by Crippen LogP contribution is -2.20. The van der Waals surface area contributed by atoms with Gasteiger partial charge in [-0.2, -0.15) is 0 Å². The monoisotopic (exact) mass is 180 g/mol. The lowest BCUT2D eigenvalue weighted by molar-refractivity contribution is 0.213. The summed E-state index contributed by atoms with van der Waals surface area (Å²) in [6.07, 6.45) is 7.59. The lowest BCUT2D eigenvalue weighted by Gasteiger charge is -2.28. The largest absolute Gasteiger partial charge is 0.0622 e. The summed E-state index contributed by atoms with van der Waals surface area (Å²) in [4.78, 5) is 0. The fourth-order valence-corrected chi connectivity index (χ4v) is 2.94.